The van der Waals surface area contributed by atoms with Crippen LogP contribution in [0.4, 0.5) is 0 Å². The Labute approximate surface area is 121 Å². The van der Waals surface area contributed by atoms with E-state index in [1.54, 1.807) is 0 Å². The van der Waals surface area contributed by atoms with Crippen molar-refractivity contribution in [1.82, 2.24) is 15.5 Å². The molecule has 0 aromatic carbocycles. The largest absolute Gasteiger partial charge is 0.423 e. The number of hydrogen-bond donors (Lipinski definition) is 1. The van der Waals surface area contributed by atoms with Gasteiger partial charge in [0.05, 0.1) is 6.04 Å². The van der Waals surface area contributed by atoms with Crippen LogP contribution in [0.25, 0.3) is 0 Å². The molecule has 2 fully saturated rings. The van der Waals surface area contributed by atoms with E-state index in [1.807, 2.05) is 0 Å². The lowest BCUT2D eigenvalue weighted by Crippen LogP contribution is -2.13. The minimum Gasteiger partial charge on any atom is -0.423 e. The fourth-order valence-corrected chi connectivity index (χ4v) is 3.50. The molecule has 1 saturated heterocycles. The van der Waals surface area contributed by atoms with Crippen molar-refractivity contribution in [3.05, 3.63) is 11.8 Å². The number of nitrogens with zero attached hydrogens (tertiary/aromatic N) is 2. The van der Waals surface area contributed by atoms with Crippen LogP contribution in [-0.2, 0) is 0 Å². The molecule has 2 aliphatic rings. The zero-order chi connectivity index (χ0) is 13.6. The summed E-state index contributed by atoms with van der Waals surface area (Å²) in [6, 6.07) is 0.302. The molecule has 1 saturated carbocycles. The van der Waals surface area contributed by atoms with Gasteiger partial charge in [-0.15, -0.1) is 10.2 Å². The summed E-state index contributed by atoms with van der Waals surface area (Å²) in [7, 11) is 0. The quantitative estimate of drug-likeness (QED) is 0.884. The van der Waals surface area contributed by atoms with Crippen LogP contribution in [0.1, 0.15) is 94.4 Å². The van der Waals surface area contributed by atoms with Gasteiger partial charge in [0.1, 0.15) is 0 Å². The third-order valence-electron chi connectivity index (χ3n) is 4.77. The van der Waals surface area contributed by atoms with Crippen molar-refractivity contribution in [2.45, 2.75) is 82.6 Å². The first-order valence-corrected chi connectivity index (χ1v) is 8.50. The van der Waals surface area contributed by atoms with Crippen LogP contribution >= 0.6 is 0 Å². The number of nitrogens with one attached hydrogen (secondary N) is 1. The minimum atomic E-state index is 0.302. The standard InChI is InChI=1S/C16H27N3O/c1-2-4-6-9-13(10-7-5-3-1)15-18-19-16(20-15)14-11-8-12-17-14/h13-14,17H,1-12H2/t14-/m0/s1. The number of hydrogen-bond acceptors (Lipinski definition) is 4. The van der Waals surface area contributed by atoms with Crippen LogP contribution in [0, 0.1) is 0 Å². The van der Waals surface area contributed by atoms with Gasteiger partial charge in [-0.05, 0) is 32.2 Å². The van der Waals surface area contributed by atoms with E-state index in [-0.39, 0.29) is 0 Å². The van der Waals surface area contributed by atoms with Crippen molar-refractivity contribution < 1.29 is 4.42 Å². The van der Waals surface area contributed by atoms with Crippen molar-refractivity contribution in [2.24, 2.45) is 0 Å². The second kappa shape index (κ2) is 7.21. The highest BCUT2D eigenvalue weighted by molar-refractivity contribution is 4.97. The zero-order valence-corrected chi connectivity index (χ0v) is 12.4. The molecule has 1 aliphatic carbocycles. The van der Waals surface area contributed by atoms with E-state index >= 15 is 0 Å². The highest BCUT2D eigenvalue weighted by Gasteiger charge is 2.24. The highest BCUT2D eigenvalue weighted by Crippen LogP contribution is 2.31. The average Bonchev–Trinajstić information content (AvgIpc) is 3.15. The molecule has 0 unspecified atom stereocenters. The topological polar surface area (TPSA) is 51.0 Å². The second-order valence-corrected chi connectivity index (χ2v) is 6.38. The van der Waals surface area contributed by atoms with Gasteiger partial charge < -0.3 is 9.73 Å². The fourth-order valence-electron chi connectivity index (χ4n) is 3.50. The predicted molar refractivity (Wildman–Crippen MR) is 78.6 cm³/mol. The first-order valence-electron chi connectivity index (χ1n) is 8.50. The summed E-state index contributed by atoms with van der Waals surface area (Å²) in [4.78, 5) is 0. The van der Waals surface area contributed by atoms with E-state index in [2.05, 4.69) is 15.5 Å². The highest BCUT2D eigenvalue weighted by atomic mass is 16.4. The lowest BCUT2D eigenvalue weighted by molar-refractivity contribution is 0.351. The maximum atomic E-state index is 5.99. The SMILES string of the molecule is C1CCCCC(c2nnc([C@@H]3CCCN3)o2)CCCC1. The minimum absolute atomic E-state index is 0.302. The van der Waals surface area contributed by atoms with Gasteiger partial charge in [-0.3, -0.25) is 0 Å². The van der Waals surface area contributed by atoms with Crippen molar-refractivity contribution in [1.29, 1.82) is 0 Å². The van der Waals surface area contributed by atoms with Crippen LogP contribution in [0.3, 0.4) is 0 Å². The molecule has 1 atom stereocenters. The molecule has 4 heteroatoms. The lowest BCUT2D eigenvalue weighted by Gasteiger charge is -2.15. The lowest BCUT2D eigenvalue weighted by atomic mass is 9.92. The van der Waals surface area contributed by atoms with Crippen LogP contribution in [0.15, 0.2) is 4.42 Å². The summed E-state index contributed by atoms with van der Waals surface area (Å²) in [5.41, 5.74) is 0. The molecule has 20 heavy (non-hydrogen) atoms. The van der Waals surface area contributed by atoms with Crippen LogP contribution in [-0.4, -0.2) is 16.7 Å². The van der Waals surface area contributed by atoms with E-state index in [0.717, 1.165) is 24.7 Å². The smallest absolute Gasteiger partial charge is 0.233 e. The van der Waals surface area contributed by atoms with Gasteiger partial charge in [0.2, 0.25) is 11.8 Å². The van der Waals surface area contributed by atoms with Crippen LogP contribution < -0.4 is 5.32 Å². The van der Waals surface area contributed by atoms with Gasteiger partial charge in [-0.2, -0.15) is 0 Å². The van der Waals surface area contributed by atoms with Gasteiger partial charge in [0, 0.05) is 5.92 Å². The van der Waals surface area contributed by atoms with Crippen molar-refractivity contribution in [2.75, 3.05) is 6.54 Å². The fraction of sp³-hybridized carbons (Fsp3) is 0.875. The van der Waals surface area contributed by atoms with Gasteiger partial charge in [0.25, 0.3) is 0 Å². The molecule has 1 aromatic rings. The molecule has 0 bridgehead atoms. The summed E-state index contributed by atoms with van der Waals surface area (Å²) in [6.07, 6.45) is 14.3. The molecule has 112 valence electrons. The molecule has 3 rings (SSSR count). The predicted octanol–water partition coefficient (Wildman–Crippen LogP) is 4.10. The van der Waals surface area contributed by atoms with E-state index in [1.165, 1.54) is 64.2 Å². The number of aromatic nitrogens is 2. The third-order valence-corrected chi connectivity index (χ3v) is 4.77. The van der Waals surface area contributed by atoms with Gasteiger partial charge in [-0.25, -0.2) is 0 Å². The molecule has 1 aliphatic heterocycles. The van der Waals surface area contributed by atoms with Crippen LogP contribution in [0.2, 0.25) is 0 Å². The van der Waals surface area contributed by atoms with E-state index in [4.69, 9.17) is 4.42 Å². The van der Waals surface area contributed by atoms with Gasteiger partial charge >= 0.3 is 0 Å². The molecule has 0 spiro atoms. The number of rotatable bonds is 2. The van der Waals surface area contributed by atoms with Gasteiger partial charge in [0.15, 0.2) is 0 Å². The first-order chi connectivity index (χ1) is 9.93. The summed E-state index contributed by atoms with van der Waals surface area (Å²) >= 11 is 0. The molecule has 0 radical (unpaired) electrons. The van der Waals surface area contributed by atoms with E-state index in [9.17, 15) is 0 Å². The summed E-state index contributed by atoms with van der Waals surface area (Å²) in [5, 5.41) is 12.1. The van der Waals surface area contributed by atoms with Crippen molar-refractivity contribution in [3.8, 4) is 0 Å². The van der Waals surface area contributed by atoms with Crippen molar-refractivity contribution >= 4 is 0 Å². The monoisotopic (exact) mass is 277 g/mol. The van der Waals surface area contributed by atoms with Gasteiger partial charge in [-0.1, -0.05) is 44.9 Å². The Bertz CT molecular complexity index is 388. The Morgan fingerprint density at radius 3 is 2.05 bits per heavy atom. The Morgan fingerprint density at radius 1 is 0.750 bits per heavy atom. The zero-order valence-electron chi connectivity index (χ0n) is 12.4. The summed E-state index contributed by atoms with van der Waals surface area (Å²) < 4.78 is 5.99. The molecule has 1 N–H and O–H groups in total. The maximum Gasteiger partial charge on any atom is 0.233 e. The average molecular weight is 277 g/mol. The molecular weight excluding hydrogens is 250 g/mol. The second-order valence-electron chi connectivity index (χ2n) is 6.38. The first kappa shape index (κ1) is 14.1. The maximum absolute atomic E-state index is 5.99. The summed E-state index contributed by atoms with van der Waals surface area (Å²) in [6.45, 7) is 1.08. The Kier molecular flexibility index (Phi) is 5.06. The Balaban J connectivity index is 1.62. The normalized spacial score (nSPS) is 26.7. The molecule has 1 aromatic heterocycles. The molecular formula is C16H27N3O. The van der Waals surface area contributed by atoms with Crippen molar-refractivity contribution in [3.63, 3.8) is 0 Å². The molecule has 4 nitrogen and oxygen atoms in total. The Hall–Kier alpha value is -0.900. The third kappa shape index (κ3) is 3.60. The van der Waals surface area contributed by atoms with E-state index in [0.29, 0.717) is 12.0 Å². The van der Waals surface area contributed by atoms with Crippen LogP contribution in [0.5, 0.6) is 0 Å². The Morgan fingerprint density at radius 2 is 1.40 bits per heavy atom. The van der Waals surface area contributed by atoms with E-state index < -0.39 is 0 Å². The summed E-state index contributed by atoms with van der Waals surface area (Å²) in [5.74, 6) is 2.21. The molecule has 0 amide bonds. The molecule has 2 heterocycles.